The predicted molar refractivity (Wildman–Crippen MR) is 89.0 cm³/mol. The van der Waals surface area contributed by atoms with Gasteiger partial charge < -0.3 is 10.7 Å². The Balaban J connectivity index is 2.04. The third kappa shape index (κ3) is 1.98. The molecule has 0 spiro atoms. The summed E-state index contributed by atoms with van der Waals surface area (Å²) in [7, 11) is 0. The number of aromatic nitrogens is 1. The number of nitrogens with two attached hydrogens (primary N) is 1. The molecule has 0 aliphatic heterocycles. The molecule has 1 atom stereocenters. The van der Waals surface area contributed by atoms with E-state index >= 15 is 0 Å². The summed E-state index contributed by atoms with van der Waals surface area (Å²) in [6, 6.07) is 12.0. The van der Waals surface area contributed by atoms with Crippen LogP contribution in [0, 0.1) is 0 Å². The van der Waals surface area contributed by atoms with Crippen molar-refractivity contribution in [2.75, 3.05) is 0 Å². The molecule has 1 unspecified atom stereocenters. The van der Waals surface area contributed by atoms with Gasteiger partial charge in [0.15, 0.2) is 0 Å². The molecule has 1 heterocycles. The smallest absolute Gasteiger partial charge is 0.0654 e. The van der Waals surface area contributed by atoms with E-state index in [4.69, 9.17) is 28.9 Å². The average Bonchev–Trinajstić information content (AvgIpc) is 2.87. The van der Waals surface area contributed by atoms with Crippen LogP contribution >= 0.6 is 23.2 Å². The van der Waals surface area contributed by atoms with Crippen molar-refractivity contribution in [2.24, 2.45) is 5.73 Å². The molecule has 1 aliphatic carbocycles. The van der Waals surface area contributed by atoms with Gasteiger partial charge in [0.25, 0.3) is 0 Å². The van der Waals surface area contributed by atoms with Gasteiger partial charge in [-0.3, -0.25) is 0 Å². The summed E-state index contributed by atoms with van der Waals surface area (Å²) in [5, 5.41) is 2.68. The number of aryl methyl sites for hydroxylation is 1. The van der Waals surface area contributed by atoms with Gasteiger partial charge in [-0.2, -0.15) is 0 Å². The van der Waals surface area contributed by atoms with Crippen LogP contribution in [0.25, 0.3) is 22.2 Å². The molecule has 1 aliphatic rings. The van der Waals surface area contributed by atoms with Gasteiger partial charge >= 0.3 is 0 Å². The Morgan fingerprint density at radius 1 is 1.05 bits per heavy atom. The lowest BCUT2D eigenvalue weighted by atomic mass is 9.87. The third-order valence-corrected chi connectivity index (χ3v) is 4.84. The second-order valence-electron chi connectivity index (χ2n) is 5.52. The zero-order chi connectivity index (χ0) is 14.6. The van der Waals surface area contributed by atoms with Crippen molar-refractivity contribution in [3.8, 4) is 11.3 Å². The molecule has 0 saturated heterocycles. The van der Waals surface area contributed by atoms with E-state index in [0.717, 1.165) is 39.7 Å². The molecule has 2 nitrogen and oxygen atoms in total. The van der Waals surface area contributed by atoms with Crippen LogP contribution in [-0.2, 0) is 6.42 Å². The van der Waals surface area contributed by atoms with E-state index in [0.29, 0.717) is 0 Å². The topological polar surface area (TPSA) is 41.8 Å². The van der Waals surface area contributed by atoms with E-state index in [2.05, 4.69) is 11.1 Å². The van der Waals surface area contributed by atoms with Crippen LogP contribution in [0.3, 0.4) is 0 Å². The highest BCUT2D eigenvalue weighted by molar-refractivity contribution is 6.35. The van der Waals surface area contributed by atoms with Crippen molar-refractivity contribution in [3.63, 3.8) is 0 Å². The molecule has 4 heteroatoms. The molecular weight excluding hydrogens is 303 g/mol. The Morgan fingerprint density at radius 3 is 2.57 bits per heavy atom. The summed E-state index contributed by atoms with van der Waals surface area (Å²) in [6.45, 7) is 0. The molecule has 1 aromatic heterocycles. The minimum absolute atomic E-state index is 0.0890. The zero-order valence-corrected chi connectivity index (χ0v) is 12.8. The molecule has 0 fully saturated rings. The largest absolute Gasteiger partial charge is 0.353 e. The Labute approximate surface area is 132 Å². The summed E-state index contributed by atoms with van der Waals surface area (Å²) < 4.78 is 0. The number of hydrogen-bond acceptors (Lipinski definition) is 1. The lowest BCUT2D eigenvalue weighted by molar-refractivity contribution is 0.644. The Morgan fingerprint density at radius 2 is 1.81 bits per heavy atom. The zero-order valence-electron chi connectivity index (χ0n) is 11.3. The molecular formula is C17H14Cl2N2. The number of hydrogen-bond donors (Lipinski definition) is 2. The van der Waals surface area contributed by atoms with Crippen LogP contribution in [0.2, 0.25) is 10.0 Å². The van der Waals surface area contributed by atoms with Crippen molar-refractivity contribution >= 4 is 34.1 Å². The minimum Gasteiger partial charge on any atom is -0.353 e. The molecule has 3 aromatic rings. The Hall–Kier alpha value is -1.48. The Bertz CT molecular complexity index is 834. The van der Waals surface area contributed by atoms with Crippen LogP contribution in [-0.4, -0.2) is 4.98 Å². The highest BCUT2D eigenvalue weighted by Gasteiger charge is 2.24. The van der Waals surface area contributed by atoms with Crippen LogP contribution in [0.1, 0.15) is 23.6 Å². The second kappa shape index (κ2) is 4.77. The van der Waals surface area contributed by atoms with Crippen LogP contribution in [0.15, 0.2) is 36.4 Å². The monoisotopic (exact) mass is 316 g/mol. The quantitative estimate of drug-likeness (QED) is 0.645. The maximum Gasteiger partial charge on any atom is 0.0654 e. The van der Waals surface area contributed by atoms with Gasteiger partial charge in [0.2, 0.25) is 0 Å². The van der Waals surface area contributed by atoms with E-state index in [1.165, 1.54) is 16.5 Å². The summed E-state index contributed by atoms with van der Waals surface area (Å²) in [6.07, 6.45) is 1.93. The van der Waals surface area contributed by atoms with E-state index in [9.17, 15) is 0 Å². The molecule has 2 aromatic carbocycles. The van der Waals surface area contributed by atoms with Crippen molar-refractivity contribution in [1.82, 2.24) is 4.98 Å². The molecule has 21 heavy (non-hydrogen) atoms. The number of nitrogens with one attached hydrogen (secondary N) is 1. The van der Waals surface area contributed by atoms with Gasteiger partial charge in [-0.25, -0.2) is 0 Å². The predicted octanol–water partition coefficient (Wildman–Crippen LogP) is 5.09. The molecule has 4 rings (SSSR count). The lowest BCUT2D eigenvalue weighted by Gasteiger charge is -2.20. The van der Waals surface area contributed by atoms with Crippen molar-refractivity contribution in [1.29, 1.82) is 0 Å². The first-order valence-corrected chi connectivity index (χ1v) is 7.75. The highest BCUT2D eigenvalue weighted by Crippen LogP contribution is 2.42. The van der Waals surface area contributed by atoms with E-state index < -0.39 is 0 Å². The lowest BCUT2D eigenvalue weighted by Crippen LogP contribution is -2.15. The van der Waals surface area contributed by atoms with Gasteiger partial charge in [0.05, 0.1) is 10.5 Å². The molecule has 3 N–H and O–H groups in total. The second-order valence-corrected chi connectivity index (χ2v) is 6.36. The SMILES string of the molecule is NC1CCc2c(-c3ccc(Cl)cc3)[nH]c3c(Cl)ccc1c23. The van der Waals surface area contributed by atoms with Crippen LogP contribution in [0.4, 0.5) is 0 Å². The van der Waals surface area contributed by atoms with Gasteiger partial charge in [-0.05, 0) is 47.7 Å². The third-order valence-electron chi connectivity index (χ3n) is 4.28. The fourth-order valence-electron chi connectivity index (χ4n) is 3.24. The summed E-state index contributed by atoms with van der Waals surface area (Å²) in [5.41, 5.74) is 12.0. The minimum atomic E-state index is 0.0890. The summed E-state index contributed by atoms with van der Waals surface area (Å²) in [5.74, 6) is 0. The van der Waals surface area contributed by atoms with E-state index in [1.54, 1.807) is 0 Å². The highest BCUT2D eigenvalue weighted by atomic mass is 35.5. The molecule has 0 radical (unpaired) electrons. The number of halogens is 2. The van der Waals surface area contributed by atoms with E-state index in [1.807, 2.05) is 30.3 Å². The Kier molecular flexibility index (Phi) is 3.00. The van der Waals surface area contributed by atoms with Crippen LogP contribution in [0.5, 0.6) is 0 Å². The van der Waals surface area contributed by atoms with Crippen LogP contribution < -0.4 is 5.73 Å². The fourth-order valence-corrected chi connectivity index (χ4v) is 3.57. The van der Waals surface area contributed by atoms with Crippen molar-refractivity contribution in [2.45, 2.75) is 18.9 Å². The van der Waals surface area contributed by atoms with Gasteiger partial charge in [-0.15, -0.1) is 0 Å². The number of benzene rings is 2. The number of aromatic amines is 1. The summed E-state index contributed by atoms with van der Waals surface area (Å²) >= 11 is 12.3. The summed E-state index contributed by atoms with van der Waals surface area (Å²) in [4.78, 5) is 3.49. The fraction of sp³-hybridized carbons (Fsp3) is 0.176. The molecule has 0 bridgehead atoms. The standard InChI is InChI=1S/C17H14Cl2N2/c18-10-3-1-9(2-4-10)16-12-6-8-14(20)11-5-7-13(19)17(21-16)15(11)12/h1-5,7,14,21H,6,8,20H2. The van der Waals surface area contributed by atoms with Crippen molar-refractivity contribution < 1.29 is 0 Å². The number of rotatable bonds is 1. The first-order chi connectivity index (χ1) is 10.1. The molecule has 0 amide bonds. The van der Waals surface area contributed by atoms with Crippen molar-refractivity contribution in [3.05, 3.63) is 57.6 Å². The first-order valence-electron chi connectivity index (χ1n) is 6.99. The van der Waals surface area contributed by atoms with Gasteiger partial charge in [0, 0.05) is 22.1 Å². The van der Waals surface area contributed by atoms with E-state index in [-0.39, 0.29) is 6.04 Å². The number of H-pyrrole nitrogens is 1. The van der Waals surface area contributed by atoms with Gasteiger partial charge in [-0.1, -0.05) is 41.4 Å². The normalized spacial score (nSPS) is 17.4. The van der Waals surface area contributed by atoms with Gasteiger partial charge in [0.1, 0.15) is 0 Å². The average molecular weight is 317 g/mol. The maximum absolute atomic E-state index is 6.36. The molecule has 106 valence electrons. The maximum atomic E-state index is 6.36. The first kappa shape index (κ1) is 13.2. The molecule has 0 saturated carbocycles.